The summed E-state index contributed by atoms with van der Waals surface area (Å²) in [6, 6.07) is 14.3. The number of hydrogen-bond donors (Lipinski definition) is 1. The van der Waals surface area contributed by atoms with E-state index >= 15 is 0 Å². The van der Waals surface area contributed by atoms with Crippen LogP contribution in [-0.2, 0) is 14.8 Å². The predicted molar refractivity (Wildman–Crippen MR) is 114 cm³/mol. The molecule has 6 nitrogen and oxygen atoms in total. The fraction of sp³-hybridized carbons (Fsp3) is 0.409. The molecule has 1 atom stereocenters. The standard InChI is InChI=1S/C22H28N2O4S/c1-3-19(17-10-6-4-7-11-17)22(25)23-18-12-13-20(28-2)21(16-18)29(26,27)24-14-8-5-9-15-24/h4,6-7,10-13,16,19H,3,5,8-9,14-15H2,1-2H3,(H,23,25)/t19-/m1/s1. The summed E-state index contributed by atoms with van der Waals surface area (Å²) in [7, 11) is -2.23. The molecule has 0 radical (unpaired) electrons. The molecule has 1 aliphatic rings. The van der Waals surface area contributed by atoms with Crippen LogP contribution in [0.3, 0.4) is 0 Å². The van der Waals surface area contributed by atoms with E-state index in [0.717, 1.165) is 24.8 Å². The lowest BCUT2D eigenvalue weighted by Crippen LogP contribution is -2.35. The van der Waals surface area contributed by atoms with E-state index in [2.05, 4.69) is 5.32 Å². The number of amides is 1. The number of methoxy groups -OCH3 is 1. The highest BCUT2D eigenvalue weighted by molar-refractivity contribution is 7.89. The summed E-state index contributed by atoms with van der Waals surface area (Å²) >= 11 is 0. The normalized spacial score (nSPS) is 16.2. The Bertz CT molecular complexity index is 939. The summed E-state index contributed by atoms with van der Waals surface area (Å²) in [4.78, 5) is 12.9. The van der Waals surface area contributed by atoms with Crippen molar-refractivity contribution in [3.05, 3.63) is 54.1 Å². The van der Waals surface area contributed by atoms with Crippen molar-refractivity contribution in [3.63, 3.8) is 0 Å². The average Bonchev–Trinajstić information content (AvgIpc) is 2.75. The van der Waals surface area contributed by atoms with Crippen molar-refractivity contribution in [3.8, 4) is 5.75 Å². The Morgan fingerprint density at radius 1 is 1.10 bits per heavy atom. The van der Waals surface area contributed by atoms with Gasteiger partial charge >= 0.3 is 0 Å². The van der Waals surface area contributed by atoms with E-state index in [1.54, 1.807) is 12.1 Å². The van der Waals surface area contributed by atoms with Crippen LogP contribution < -0.4 is 10.1 Å². The molecule has 2 aromatic rings. The van der Waals surface area contributed by atoms with E-state index in [0.29, 0.717) is 25.2 Å². The number of piperidine rings is 1. The lowest BCUT2D eigenvalue weighted by molar-refractivity contribution is -0.117. The molecule has 7 heteroatoms. The second-order valence-electron chi connectivity index (χ2n) is 7.19. The van der Waals surface area contributed by atoms with Crippen molar-refractivity contribution in [2.24, 2.45) is 0 Å². The van der Waals surface area contributed by atoms with Gasteiger partial charge in [0, 0.05) is 18.8 Å². The second kappa shape index (κ2) is 9.41. The number of hydrogen-bond acceptors (Lipinski definition) is 4. The van der Waals surface area contributed by atoms with Gasteiger partial charge < -0.3 is 10.1 Å². The molecule has 0 saturated carbocycles. The van der Waals surface area contributed by atoms with Gasteiger partial charge in [0.15, 0.2) is 0 Å². The molecule has 3 rings (SSSR count). The number of rotatable bonds is 7. The summed E-state index contributed by atoms with van der Waals surface area (Å²) in [6.07, 6.45) is 3.39. The number of benzene rings is 2. The van der Waals surface area contributed by atoms with Crippen LogP contribution in [0.25, 0.3) is 0 Å². The van der Waals surface area contributed by atoms with Crippen LogP contribution in [0.5, 0.6) is 5.75 Å². The lowest BCUT2D eigenvalue weighted by atomic mass is 9.95. The second-order valence-corrected chi connectivity index (χ2v) is 9.10. The first-order chi connectivity index (χ1) is 14.0. The smallest absolute Gasteiger partial charge is 0.246 e. The summed E-state index contributed by atoms with van der Waals surface area (Å²) in [5.41, 5.74) is 1.38. The van der Waals surface area contributed by atoms with Crippen molar-refractivity contribution in [1.82, 2.24) is 4.31 Å². The largest absolute Gasteiger partial charge is 0.495 e. The molecule has 29 heavy (non-hydrogen) atoms. The molecule has 0 aromatic heterocycles. The van der Waals surface area contributed by atoms with Crippen molar-refractivity contribution in [1.29, 1.82) is 0 Å². The molecular formula is C22H28N2O4S. The molecule has 1 fully saturated rings. The minimum absolute atomic E-state index is 0.0902. The zero-order valence-electron chi connectivity index (χ0n) is 16.9. The van der Waals surface area contributed by atoms with Gasteiger partial charge in [0.25, 0.3) is 0 Å². The van der Waals surface area contributed by atoms with E-state index in [-0.39, 0.29) is 22.5 Å². The third kappa shape index (κ3) is 4.79. The van der Waals surface area contributed by atoms with Crippen molar-refractivity contribution in [2.75, 3.05) is 25.5 Å². The molecule has 1 saturated heterocycles. The Morgan fingerprint density at radius 2 is 1.79 bits per heavy atom. The van der Waals surface area contributed by atoms with Gasteiger partial charge in [0.1, 0.15) is 10.6 Å². The number of sulfonamides is 1. The summed E-state index contributed by atoms with van der Waals surface area (Å²) < 4.78 is 33.1. The van der Waals surface area contributed by atoms with E-state index in [1.165, 1.54) is 17.5 Å². The number of carbonyl (C=O) groups is 1. The maximum atomic E-state index is 13.1. The van der Waals surface area contributed by atoms with Gasteiger partial charge in [-0.3, -0.25) is 4.79 Å². The molecule has 0 unspecified atom stereocenters. The first-order valence-electron chi connectivity index (χ1n) is 10.0. The highest BCUT2D eigenvalue weighted by Crippen LogP contribution is 2.32. The van der Waals surface area contributed by atoms with Crippen molar-refractivity contribution in [2.45, 2.75) is 43.4 Å². The molecule has 2 aromatic carbocycles. The maximum absolute atomic E-state index is 13.1. The van der Waals surface area contributed by atoms with Crippen LogP contribution >= 0.6 is 0 Å². The number of anilines is 1. The summed E-state index contributed by atoms with van der Waals surface area (Å²) in [6.45, 7) is 2.97. The first kappa shape index (κ1) is 21.3. The predicted octanol–water partition coefficient (Wildman–Crippen LogP) is 4.00. The van der Waals surface area contributed by atoms with E-state index < -0.39 is 10.0 Å². The molecular weight excluding hydrogens is 388 g/mol. The first-order valence-corrected chi connectivity index (χ1v) is 11.5. The van der Waals surface area contributed by atoms with E-state index in [9.17, 15) is 13.2 Å². The molecule has 1 aliphatic heterocycles. The molecule has 1 N–H and O–H groups in total. The van der Waals surface area contributed by atoms with Gasteiger partial charge in [-0.2, -0.15) is 4.31 Å². The van der Waals surface area contributed by atoms with Crippen LogP contribution in [0, 0.1) is 0 Å². The molecule has 156 valence electrons. The summed E-state index contributed by atoms with van der Waals surface area (Å²) in [5, 5.41) is 2.88. The van der Waals surface area contributed by atoms with Gasteiger partial charge in [0.05, 0.1) is 13.0 Å². The number of nitrogens with zero attached hydrogens (tertiary/aromatic N) is 1. The Labute approximate surface area is 172 Å². The van der Waals surface area contributed by atoms with Crippen molar-refractivity contribution < 1.29 is 17.9 Å². The minimum Gasteiger partial charge on any atom is -0.495 e. The third-order valence-corrected chi connectivity index (χ3v) is 7.21. The molecule has 1 heterocycles. The molecule has 0 bridgehead atoms. The Kier molecular flexibility index (Phi) is 6.92. The number of ether oxygens (including phenoxy) is 1. The lowest BCUT2D eigenvalue weighted by Gasteiger charge is -2.26. The van der Waals surface area contributed by atoms with E-state index in [4.69, 9.17) is 4.74 Å². The number of carbonyl (C=O) groups excluding carboxylic acids is 1. The highest BCUT2D eigenvalue weighted by Gasteiger charge is 2.29. The van der Waals surface area contributed by atoms with Crippen LogP contribution in [0.2, 0.25) is 0 Å². The van der Waals surface area contributed by atoms with Gasteiger partial charge in [-0.1, -0.05) is 43.7 Å². The fourth-order valence-electron chi connectivity index (χ4n) is 3.69. The minimum atomic E-state index is -3.68. The fourth-order valence-corrected chi connectivity index (χ4v) is 5.39. The zero-order chi connectivity index (χ0) is 20.9. The highest BCUT2D eigenvalue weighted by atomic mass is 32.2. The molecule has 0 spiro atoms. The molecule has 0 aliphatic carbocycles. The topological polar surface area (TPSA) is 75.7 Å². The third-order valence-electron chi connectivity index (χ3n) is 5.29. The summed E-state index contributed by atoms with van der Waals surface area (Å²) in [5.74, 6) is -0.186. The van der Waals surface area contributed by atoms with Crippen LogP contribution in [-0.4, -0.2) is 38.8 Å². The number of nitrogens with one attached hydrogen (secondary N) is 1. The van der Waals surface area contributed by atoms with Gasteiger partial charge in [-0.25, -0.2) is 8.42 Å². The van der Waals surface area contributed by atoms with Gasteiger partial charge in [0.2, 0.25) is 15.9 Å². The molecule has 1 amide bonds. The van der Waals surface area contributed by atoms with Gasteiger partial charge in [-0.05, 0) is 43.0 Å². The van der Waals surface area contributed by atoms with Crippen LogP contribution in [0.4, 0.5) is 5.69 Å². The Hall–Kier alpha value is -2.38. The zero-order valence-corrected chi connectivity index (χ0v) is 17.7. The monoisotopic (exact) mass is 416 g/mol. The SMILES string of the molecule is CC[C@@H](C(=O)Nc1ccc(OC)c(S(=O)(=O)N2CCCCC2)c1)c1ccccc1. The Morgan fingerprint density at radius 3 is 2.41 bits per heavy atom. The van der Waals surface area contributed by atoms with Crippen molar-refractivity contribution >= 4 is 21.6 Å². The average molecular weight is 417 g/mol. The quantitative estimate of drug-likeness (QED) is 0.740. The van der Waals surface area contributed by atoms with E-state index in [1.807, 2.05) is 37.3 Å². The maximum Gasteiger partial charge on any atom is 0.246 e. The van der Waals surface area contributed by atoms with Crippen LogP contribution in [0.15, 0.2) is 53.4 Å². The van der Waals surface area contributed by atoms with Crippen LogP contribution in [0.1, 0.15) is 44.1 Å². The van der Waals surface area contributed by atoms with Gasteiger partial charge in [-0.15, -0.1) is 0 Å². The Balaban J connectivity index is 1.87.